The minimum Gasteiger partial charge on any atom is -0.493 e. The molecule has 6 nitrogen and oxygen atoms in total. The largest absolute Gasteiger partial charge is 0.493 e. The number of carbonyl (C=O) groups is 1. The number of carbonyl (C=O) groups excluding carboxylic acids is 1. The highest BCUT2D eigenvalue weighted by atomic mass is 32.1. The number of thiophene rings is 1. The Kier molecular flexibility index (Phi) is 8.06. The average Bonchev–Trinajstić information content (AvgIpc) is 3.51. The van der Waals surface area contributed by atoms with Crippen molar-refractivity contribution in [3.63, 3.8) is 0 Å². The van der Waals surface area contributed by atoms with Crippen LogP contribution in [0.5, 0.6) is 5.75 Å². The molecule has 0 saturated carbocycles. The summed E-state index contributed by atoms with van der Waals surface area (Å²) in [7, 11) is 0. The van der Waals surface area contributed by atoms with Crippen molar-refractivity contribution in [2.45, 2.75) is 53.0 Å². The number of ether oxygens (including phenoxy) is 2. The van der Waals surface area contributed by atoms with E-state index >= 15 is 0 Å². The molecule has 7 heteroatoms. The Morgan fingerprint density at radius 2 is 2.06 bits per heavy atom. The van der Waals surface area contributed by atoms with Gasteiger partial charge in [0, 0.05) is 19.5 Å². The summed E-state index contributed by atoms with van der Waals surface area (Å²) in [4.78, 5) is 20.6. The van der Waals surface area contributed by atoms with Crippen LogP contribution in [-0.4, -0.2) is 42.2 Å². The SMILES string of the molecule is CCOC(=O)C1(CC)CCCN(Cc2ccc(OCCc3nc(-c4cccs4)oc3C)cc2)C1. The van der Waals surface area contributed by atoms with Crippen LogP contribution in [0, 0.1) is 12.3 Å². The summed E-state index contributed by atoms with van der Waals surface area (Å²) in [5, 5.41) is 2.02. The first kappa shape index (κ1) is 24.5. The van der Waals surface area contributed by atoms with Gasteiger partial charge >= 0.3 is 5.97 Å². The Labute approximate surface area is 205 Å². The van der Waals surface area contributed by atoms with E-state index in [2.05, 4.69) is 28.9 Å². The van der Waals surface area contributed by atoms with Gasteiger partial charge in [-0.05, 0) is 68.8 Å². The zero-order valence-corrected chi connectivity index (χ0v) is 21.2. The van der Waals surface area contributed by atoms with Crippen LogP contribution in [0.2, 0.25) is 0 Å². The van der Waals surface area contributed by atoms with Gasteiger partial charge in [-0.2, -0.15) is 0 Å². The molecule has 1 unspecified atom stereocenters. The second kappa shape index (κ2) is 11.2. The molecule has 1 fully saturated rings. The molecule has 182 valence electrons. The van der Waals surface area contributed by atoms with Crippen molar-refractivity contribution in [1.29, 1.82) is 0 Å². The van der Waals surface area contributed by atoms with E-state index in [0.29, 0.717) is 25.5 Å². The number of hydrogen-bond acceptors (Lipinski definition) is 7. The Morgan fingerprint density at radius 1 is 1.24 bits per heavy atom. The van der Waals surface area contributed by atoms with E-state index in [4.69, 9.17) is 13.9 Å². The summed E-state index contributed by atoms with van der Waals surface area (Å²) in [6.07, 6.45) is 3.44. The zero-order valence-electron chi connectivity index (χ0n) is 20.3. The topological polar surface area (TPSA) is 64.8 Å². The maximum atomic E-state index is 12.6. The maximum absolute atomic E-state index is 12.6. The molecule has 0 aliphatic carbocycles. The molecular weight excluding hydrogens is 448 g/mol. The van der Waals surface area contributed by atoms with Gasteiger partial charge in [-0.1, -0.05) is 25.1 Å². The van der Waals surface area contributed by atoms with Gasteiger partial charge in [0.05, 0.1) is 29.2 Å². The van der Waals surface area contributed by atoms with E-state index in [9.17, 15) is 4.79 Å². The summed E-state index contributed by atoms with van der Waals surface area (Å²) in [6, 6.07) is 12.3. The van der Waals surface area contributed by atoms with Crippen LogP contribution in [0.15, 0.2) is 46.2 Å². The number of aromatic nitrogens is 1. The van der Waals surface area contributed by atoms with E-state index in [1.165, 1.54) is 5.56 Å². The number of hydrogen-bond donors (Lipinski definition) is 0. The maximum Gasteiger partial charge on any atom is 0.313 e. The van der Waals surface area contributed by atoms with Gasteiger partial charge in [0.15, 0.2) is 0 Å². The molecule has 1 atom stereocenters. The third-order valence-electron chi connectivity index (χ3n) is 6.60. The number of aryl methyl sites for hydroxylation is 1. The minimum atomic E-state index is -0.375. The van der Waals surface area contributed by atoms with Crippen molar-refractivity contribution in [1.82, 2.24) is 9.88 Å². The molecule has 0 spiro atoms. The van der Waals surface area contributed by atoms with E-state index in [0.717, 1.165) is 61.0 Å². The fourth-order valence-electron chi connectivity index (χ4n) is 4.63. The second-order valence-corrected chi connectivity index (χ2v) is 9.86. The molecule has 1 saturated heterocycles. The monoisotopic (exact) mass is 482 g/mol. The van der Waals surface area contributed by atoms with Crippen molar-refractivity contribution in [2.24, 2.45) is 5.41 Å². The fourth-order valence-corrected chi connectivity index (χ4v) is 5.28. The van der Waals surface area contributed by atoms with Gasteiger partial charge in [-0.15, -0.1) is 11.3 Å². The Morgan fingerprint density at radius 3 is 2.76 bits per heavy atom. The van der Waals surface area contributed by atoms with Crippen LogP contribution in [0.4, 0.5) is 0 Å². The van der Waals surface area contributed by atoms with Gasteiger partial charge in [0.1, 0.15) is 11.5 Å². The molecule has 1 aliphatic heterocycles. The number of rotatable bonds is 10. The van der Waals surface area contributed by atoms with Crippen LogP contribution in [0.1, 0.15) is 50.1 Å². The van der Waals surface area contributed by atoms with Gasteiger partial charge < -0.3 is 13.9 Å². The van der Waals surface area contributed by atoms with Crippen molar-refractivity contribution < 1.29 is 18.7 Å². The predicted molar refractivity (Wildman–Crippen MR) is 134 cm³/mol. The highest BCUT2D eigenvalue weighted by Gasteiger charge is 2.41. The molecule has 1 aromatic carbocycles. The average molecular weight is 483 g/mol. The molecule has 0 amide bonds. The number of piperidine rings is 1. The molecule has 4 rings (SSSR count). The molecular formula is C27H34N2O4S. The van der Waals surface area contributed by atoms with Crippen molar-refractivity contribution in [3.05, 3.63) is 58.8 Å². The number of nitrogens with zero attached hydrogens (tertiary/aromatic N) is 2. The van der Waals surface area contributed by atoms with Gasteiger partial charge in [0.25, 0.3) is 0 Å². The lowest BCUT2D eigenvalue weighted by molar-refractivity contribution is -0.159. The number of oxazole rings is 1. The van der Waals surface area contributed by atoms with E-state index in [-0.39, 0.29) is 11.4 Å². The number of benzene rings is 1. The van der Waals surface area contributed by atoms with Crippen LogP contribution in [0.25, 0.3) is 10.8 Å². The third-order valence-corrected chi connectivity index (χ3v) is 7.46. The summed E-state index contributed by atoms with van der Waals surface area (Å²) in [5.74, 6) is 2.32. The molecule has 0 bridgehead atoms. The van der Waals surface area contributed by atoms with Crippen LogP contribution < -0.4 is 4.74 Å². The predicted octanol–water partition coefficient (Wildman–Crippen LogP) is 5.89. The normalized spacial score (nSPS) is 18.7. The van der Waals surface area contributed by atoms with E-state index in [1.54, 1.807) is 11.3 Å². The summed E-state index contributed by atoms with van der Waals surface area (Å²) >= 11 is 1.62. The molecule has 0 N–H and O–H groups in total. The third kappa shape index (κ3) is 5.70. The highest BCUT2D eigenvalue weighted by Crippen LogP contribution is 2.35. The van der Waals surface area contributed by atoms with Gasteiger partial charge in [-0.25, -0.2) is 4.98 Å². The van der Waals surface area contributed by atoms with E-state index in [1.807, 2.05) is 43.5 Å². The molecule has 3 aromatic rings. The standard InChI is InChI=1S/C27H34N2O4S/c1-4-27(26(30)31-5-2)14-7-15-29(19-27)18-21-9-11-22(12-10-21)32-16-13-23-20(3)33-25(28-23)24-8-6-17-34-24/h6,8-12,17H,4-5,7,13-16,18-19H2,1-3H3. The molecule has 2 aromatic heterocycles. The summed E-state index contributed by atoms with van der Waals surface area (Å²) in [6.45, 7) is 9.48. The smallest absolute Gasteiger partial charge is 0.313 e. The summed E-state index contributed by atoms with van der Waals surface area (Å²) < 4.78 is 17.2. The number of likely N-dealkylation sites (tertiary alicyclic amines) is 1. The lowest BCUT2D eigenvalue weighted by atomic mass is 9.77. The fraction of sp³-hybridized carbons (Fsp3) is 0.481. The van der Waals surface area contributed by atoms with Crippen LogP contribution in [0.3, 0.4) is 0 Å². The first-order chi connectivity index (χ1) is 16.5. The number of esters is 1. The highest BCUT2D eigenvalue weighted by molar-refractivity contribution is 7.13. The van der Waals surface area contributed by atoms with Crippen molar-refractivity contribution in [2.75, 3.05) is 26.3 Å². The Bertz CT molecular complexity index is 1060. The molecule has 34 heavy (non-hydrogen) atoms. The summed E-state index contributed by atoms with van der Waals surface area (Å²) in [5.41, 5.74) is 1.78. The Hall–Kier alpha value is -2.64. The lowest BCUT2D eigenvalue weighted by Gasteiger charge is -2.40. The van der Waals surface area contributed by atoms with Gasteiger partial charge in [-0.3, -0.25) is 9.69 Å². The first-order valence-corrected chi connectivity index (χ1v) is 13.0. The van der Waals surface area contributed by atoms with Crippen molar-refractivity contribution in [3.8, 4) is 16.5 Å². The van der Waals surface area contributed by atoms with E-state index < -0.39 is 0 Å². The lowest BCUT2D eigenvalue weighted by Crippen LogP contribution is -2.47. The first-order valence-electron chi connectivity index (χ1n) is 12.1. The quantitative estimate of drug-likeness (QED) is 0.336. The van der Waals surface area contributed by atoms with Crippen molar-refractivity contribution >= 4 is 17.3 Å². The Balaban J connectivity index is 1.28. The second-order valence-electron chi connectivity index (χ2n) is 8.91. The van der Waals surface area contributed by atoms with Crippen LogP contribution in [-0.2, 0) is 22.5 Å². The zero-order chi connectivity index (χ0) is 24.0. The van der Waals surface area contributed by atoms with Crippen LogP contribution >= 0.6 is 11.3 Å². The van der Waals surface area contributed by atoms with Gasteiger partial charge in [0.2, 0.25) is 5.89 Å². The molecule has 3 heterocycles. The molecule has 0 radical (unpaired) electrons. The minimum absolute atomic E-state index is 0.0455. The molecule has 1 aliphatic rings.